The molecular formula is C10H16O2. The van der Waals surface area contributed by atoms with Crippen molar-refractivity contribution in [2.75, 3.05) is 0 Å². The molecule has 0 aliphatic rings. The van der Waals surface area contributed by atoms with Gasteiger partial charge in [-0.3, -0.25) is 4.79 Å². The summed E-state index contributed by atoms with van der Waals surface area (Å²) < 4.78 is 0. The summed E-state index contributed by atoms with van der Waals surface area (Å²) in [4.78, 5) is 10.9. The van der Waals surface area contributed by atoms with Crippen molar-refractivity contribution in [3.63, 3.8) is 0 Å². The van der Waals surface area contributed by atoms with Crippen molar-refractivity contribution < 1.29 is 9.90 Å². The molecule has 68 valence electrons. The third kappa shape index (κ3) is 2.27. The number of rotatable bonds is 5. The first kappa shape index (κ1) is 11.0. The van der Waals surface area contributed by atoms with Crippen LogP contribution in [-0.4, -0.2) is 11.1 Å². The molecule has 0 aromatic carbocycles. The van der Waals surface area contributed by atoms with Crippen LogP contribution in [0, 0.1) is 17.8 Å². The van der Waals surface area contributed by atoms with E-state index in [0.29, 0.717) is 25.7 Å². The number of hydrogen-bond acceptors (Lipinski definition) is 1. The Balaban J connectivity index is 4.38. The van der Waals surface area contributed by atoms with Crippen molar-refractivity contribution in [1.82, 2.24) is 0 Å². The van der Waals surface area contributed by atoms with Crippen LogP contribution in [0.2, 0.25) is 0 Å². The first-order valence-electron chi connectivity index (χ1n) is 4.29. The van der Waals surface area contributed by atoms with Gasteiger partial charge >= 0.3 is 5.97 Å². The van der Waals surface area contributed by atoms with Gasteiger partial charge in [0.2, 0.25) is 0 Å². The van der Waals surface area contributed by atoms with Crippen LogP contribution in [-0.2, 0) is 4.79 Å². The normalized spacial score (nSPS) is 10.8. The van der Waals surface area contributed by atoms with Crippen molar-refractivity contribution in [3.8, 4) is 12.3 Å². The van der Waals surface area contributed by atoms with E-state index in [4.69, 9.17) is 11.5 Å². The maximum absolute atomic E-state index is 10.9. The van der Waals surface area contributed by atoms with Gasteiger partial charge in [0, 0.05) is 6.42 Å². The zero-order chi connectivity index (χ0) is 9.61. The fourth-order valence-corrected chi connectivity index (χ4v) is 1.32. The van der Waals surface area contributed by atoms with Gasteiger partial charge in [-0.25, -0.2) is 0 Å². The monoisotopic (exact) mass is 168 g/mol. The van der Waals surface area contributed by atoms with E-state index in [2.05, 4.69) is 5.92 Å². The molecule has 1 N–H and O–H groups in total. The minimum absolute atomic E-state index is 0.550. The molecule has 0 aliphatic carbocycles. The molecule has 0 saturated heterocycles. The number of terminal acetylenes is 1. The molecule has 0 aromatic heterocycles. The van der Waals surface area contributed by atoms with Crippen LogP contribution in [0.4, 0.5) is 0 Å². The Morgan fingerprint density at radius 1 is 1.50 bits per heavy atom. The standard InChI is InChI=1S/C10H16O2/c1-4-7-8-10(5-2,6-3)9(11)12/h1H,5-8H2,2-3H3,(H,11,12). The molecule has 0 aromatic rings. The number of aliphatic carboxylic acids is 1. The fourth-order valence-electron chi connectivity index (χ4n) is 1.32. The fraction of sp³-hybridized carbons (Fsp3) is 0.700. The topological polar surface area (TPSA) is 37.3 Å². The summed E-state index contributed by atoms with van der Waals surface area (Å²) in [5.74, 6) is 1.76. The quantitative estimate of drug-likeness (QED) is 0.639. The summed E-state index contributed by atoms with van der Waals surface area (Å²) >= 11 is 0. The second kappa shape index (κ2) is 4.82. The van der Waals surface area contributed by atoms with Gasteiger partial charge in [0.15, 0.2) is 0 Å². The summed E-state index contributed by atoms with van der Waals surface area (Å²) in [6.45, 7) is 3.79. The molecule has 2 heteroatoms. The number of carboxylic acids is 1. The van der Waals surface area contributed by atoms with E-state index in [9.17, 15) is 4.79 Å². The highest BCUT2D eigenvalue weighted by Crippen LogP contribution is 2.31. The lowest BCUT2D eigenvalue weighted by molar-refractivity contribution is -0.149. The van der Waals surface area contributed by atoms with Gasteiger partial charge in [-0.05, 0) is 19.3 Å². The lowest BCUT2D eigenvalue weighted by Crippen LogP contribution is -2.29. The average Bonchev–Trinajstić information content (AvgIpc) is 2.07. The predicted molar refractivity (Wildman–Crippen MR) is 48.7 cm³/mol. The molecule has 0 radical (unpaired) electrons. The van der Waals surface area contributed by atoms with Crippen molar-refractivity contribution in [2.24, 2.45) is 5.41 Å². The van der Waals surface area contributed by atoms with Crippen LogP contribution in [0.5, 0.6) is 0 Å². The predicted octanol–water partition coefficient (Wildman–Crippen LogP) is 2.29. The lowest BCUT2D eigenvalue weighted by Gasteiger charge is -2.25. The second-order valence-electron chi connectivity index (χ2n) is 3.00. The van der Waals surface area contributed by atoms with Gasteiger partial charge in [0.05, 0.1) is 5.41 Å². The van der Waals surface area contributed by atoms with E-state index in [1.807, 2.05) is 13.8 Å². The van der Waals surface area contributed by atoms with E-state index in [-0.39, 0.29) is 0 Å². The highest BCUT2D eigenvalue weighted by atomic mass is 16.4. The highest BCUT2D eigenvalue weighted by molar-refractivity contribution is 5.74. The molecule has 0 saturated carbocycles. The van der Waals surface area contributed by atoms with Crippen LogP contribution in [0.1, 0.15) is 39.5 Å². The minimum Gasteiger partial charge on any atom is -0.481 e. The number of carbonyl (C=O) groups is 1. The smallest absolute Gasteiger partial charge is 0.309 e. The summed E-state index contributed by atoms with van der Waals surface area (Å²) in [7, 11) is 0. The van der Waals surface area contributed by atoms with Gasteiger partial charge in [0.25, 0.3) is 0 Å². The molecule has 0 fully saturated rings. The van der Waals surface area contributed by atoms with Crippen molar-refractivity contribution in [3.05, 3.63) is 0 Å². The van der Waals surface area contributed by atoms with Crippen LogP contribution < -0.4 is 0 Å². The van der Waals surface area contributed by atoms with Gasteiger partial charge in [-0.2, -0.15) is 0 Å². The SMILES string of the molecule is C#CCCC(CC)(CC)C(=O)O. The Labute approximate surface area is 74.0 Å². The molecule has 0 atom stereocenters. The molecule has 0 aliphatic heterocycles. The molecule has 0 spiro atoms. The van der Waals surface area contributed by atoms with E-state index < -0.39 is 11.4 Å². The highest BCUT2D eigenvalue weighted by Gasteiger charge is 2.33. The first-order valence-corrected chi connectivity index (χ1v) is 4.29. The molecule has 0 amide bonds. The maximum Gasteiger partial charge on any atom is 0.309 e. The van der Waals surface area contributed by atoms with E-state index in [1.54, 1.807) is 0 Å². The second-order valence-corrected chi connectivity index (χ2v) is 3.00. The van der Waals surface area contributed by atoms with Crippen molar-refractivity contribution in [2.45, 2.75) is 39.5 Å². The first-order chi connectivity index (χ1) is 5.63. The van der Waals surface area contributed by atoms with Gasteiger partial charge in [0.1, 0.15) is 0 Å². The summed E-state index contributed by atoms with van der Waals surface area (Å²) in [5.41, 5.74) is -0.591. The van der Waals surface area contributed by atoms with E-state index >= 15 is 0 Å². The zero-order valence-electron chi connectivity index (χ0n) is 7.76. The van der Waals surface area contributed by atoms with E-state index in [0.717, 1.165) is 0 Å². The third-order valence-electron chi connectivity index (χ3n) is 2.56. The van der Waals surface area contributed by atoms with Crippen molar-refractivity contribution in [1.29, 1.82) is 0 Å². The molecule has 2 nitrogen and oxygen atoms in total. The van der Waals surface area contributed by atoms with Crippen LogP contribution >= 0.6 is 0 Å². The Bertz CT molecular complexity index is 185. The molecule has 0 bridgehead atoms. The Morgan fingerprint density at radius 2 is 2.00 bits per heavy atom. The lowest BCUT2D eigenvalue weighted by atomic mass is 9.78. The Hall–Kier alpha value is -0.970. The molecule has 0 unspecified atom stereocenters. The Morgan fingerprint density at radius 3 is 2.25 bits per heavy atom. The summed E-state index contributed by atoms with van der Waals surface area (Å²) in [6.07, 6.45) is 7.55. The van der Waals surface area contributed by atoms with E-state index in [1.165, 1.54) is 0 Å². The van der Waals surface area contributed by atoms with Crippen LogP contribution in [0.25, 0.3) is 0 Å². The third-order valence-corrected chi connectivity index (χ3v) is 2.56. The molecule has 12 heavy (non-hydrogen) atoms. The Kier molecular flexibility index (Phi) is 4.43. The largest absolute Gasteiger partial charge is 0.481 e. The number of carboxylic acid groups (broad SMARTS) is 1. The van der Waals surface area contributed by atoms with Gasteiger partial charge < -0.3 is 5.11 Å². The van der Waals surface area contributed by atoms with Crippen LogP contribution in [0.3, 0.4) is 0 Å². The molecule has 0 heterocycles. The minimum atomic E-state index is -0.720. The maximum atomic E-state index is 10.9. The number of hydrogen-bond donors (Lipinski definition) is 1. The van der Waals surface area contributed by atoms with Crippen molar-refractivity contribution >= 4 is 5.97 Å². The van der Waals surface area contributed by atoms with Gasteiger partial charge in [-0.1, -0.05) is 13.8 Å². The summed E-state index contributed by atoms with van der Waals surface area (Å²) in [6, 6.07) is 0. The molecule has 0 rings (SSSR count). The zero-order valence-corrected chi connectivity index (χ0v) is 7.76. The molecular weight excluding hydrogens is 152 g/mol. The summed E-state index contributed by atoms with van der Waals surface area (Å²) in [5, 5.41) is 8.98. The van der Waals surface area contributed by atoms with Crippen LogP contribution in [0.15, 0.2) is 0 Å². The van der Waals surface area contributed by atoms with Gasteiger partial charge in [-0.15, -0.1) is 12.3 Å². The average molecular weight is 168 g/mol.